The smallest absolute Gasteiger partial charge is 0.142 e. The van der Waals surface area contributed by atoms with Crippen molar-refractivity contribution in [1.29, 1.82) is 0 Å². The van der Waals surface area contributed by atoms with Crippen LogP contribution in [-0.4, -0.2) is 6.61 Å². The lowest BCUT2D eigenvalue weighted by molar-refractivity contribution is 0.0870. The second kappa shape index (κ2) is 8.01. The normalized spacial score (nSPS) is 11.3. The Balaban J connectivity index is 1.98. The monoisotopic (exact) mass is 314 g/mol. The Morgan fingerprint density at radius 3 is 2.50 bits per heavy atom. The van der Waals surface area contributed by atoms with Crippen LogP contribution in [0, 0.1) is 11.8 Å². The molecular formula is C22H18O2. The first-order chi connectivity index (χ1) is 11.9. The summed E-state index contributed by atoms with van der Waals surface area (Å²) in [6, 6.07) is 21.7. The molecule has 0 fully saturated rings. The van der Waals surface area contributed by atoms with Crippen LogP contribution in [0.15, 0.2) is 90.1 Å². The van der Waals surface area contributed by atoms with E-state index < -0.39 is 0 Å². The number of hydrogen-bond acceptors (Lipinski definition) is 2. The zero-order valence-electron chi connectivity index (χ0n) is 13.3. The molecule has 0 aliphatic rings. The van der Waals surface area contributed by atoms with Crippen LogP contribution in [0.2, 0.25) is 0 Å². The fourth-order valence-corrected chi connectivity index (χ4v) is 2.43. The van der Waals surface area contributed by atoms with Gasteiger partial charge in [0, 0.05) is 16.7 Å². The molecule has 2 heteroatoms. The quantitative estimate of drug-likeness (QED) is 0.490. The molecule has 1 unspecified atom stereocenters. The van der Waals surface area contributed by atoms with Gasteiger partial charge in [-0.15, -0.1) is 6.58 Å². The molecule has 1 aromatic heterocycles. The number of rotatable bonds is 5. The average molecular weight is 314 g/mol. The van der Waals surface area contributed by atoms with Crippen LogP contribution in [0.1, 0.15) is 28.6 Å². The highest BCUT2D eigenvalue weighted by atomic mass is 16.5. The molecule has 1 heterocycles. The molecular weight excluding hydrogens is 296 g/mol. The number of benzene rings is 2. The van der Waals surface area contributed by atoms with E-state index in [0.29, 0.717) is 6.61 Å². The lowest BCUT2D eigenvalue weighted by atomic mass is 10.0. The standard InChI is InChI=1S/C22H18O2/c1-2-16-24-22(21-13-8-17-23-21)20-12-7-6-11-19(20)15-14-18-9-4-3-5-10-18/h2-13,17,22H,1,16H2. The van der Waals surface area contributed by atoms with Crippen LogP contribution >= 0.6 is 0 Å². The minimum absolute atomic E-state index is 0.306. The number of hydrogen-bond donors (Lipinski definition) is 0. The van der Waals surface area contributed by atoms with Gasteiger partial charge in [-0.2, -0.15) is 0 Å². The van der Waals surface area contributed by atoms with Gasteiger partial charge in [0.25, 0.3) is 0 Å². The van der Waals surface area contributed by atoms with E-state index in [1.54, 1.807) is 12.3 Å². The van der Waals surface area contributed by atoms with Crippen molar-refractivity contribution in [1.82, 2.24) is 0 Å². The molecule has 0 saturated carbocycles. The summed E-state index contributed by atoms with van der Waals surface area (Å²) in [5.74, 6) is 7.21. The van der Waals surface area contributed by atoms with Crippen molar-refractivity contribution in [3.05, 3.63) is 108 Å². The van der Waals surface area contributed by atoms with Gasteiger partial charge in [0.15, 0.2) is 0 Å². The topological polar surface area (TPSA) is 22.4 Å². The Morgan fingerprint density at radius 2 is 1.75 bits per heavy atom. The largest absolute Gasteiger partial charge is 0.466 e. The van der Waals surface area contributed by atoms with Gasteiger partial charge in [-0.1, -0.05) is 54.3 Å². The van der Waals surface area contributed by atoms with E-state index >= 15 is 0 Å². The summed E-state index contributed by atoms with van der Waals surface area (Å²) in [7, 11) is 0. The van der Waals surface area contributed by atoms with E-state index in [9.17, 15) is 0 Å². The summed E-state index contributed by atoms with van der Waals surface area (Å²) in [5.41, 5.74) is 2.89. The first-order valence-electron chi connectivity index (χ1n) is 7.80. The molecule has 0 radical (unpaired) electrons. The molecule has 2 nitrogen and oxygen atoms in total. The third-order valence-electron chi connectivity index (χ3n) is 3.54. The van der Waals surface area contributed by atoms with Gasteiger partial charge < -0.3 is 9.15 Å². The van der Waals surface area contributed by atoms with Gasteiger partial charge in [0.1, 0.15) is 11.9 Å². The molecule has 3 aromatic rings. The van der Waals surface area contributed by atoms with Crippen LogP contribution < -0.4 is 0 Å². The molecule has 0 amide bonds. The van der Waals surface area contributed by atoms with Gasteiger partial charge in [-0.05, 0) is 30.3 Å². The van der Waals surface area contributed by atoms with Crippen LogP contribution in [0.4, 0.5) is 0 Å². The maximum atomic E-state index is 5.93. The van der Waals surface area contributed by atoms with Crippen molar-refractivity contribution in [3.8, 4) is 11.8 Å². The van der Waals surface area contributed by atoms with E-state index in [1.807, 2.05) is 66.7 Å². The van der Waals surface area contributed by atoms with E-state index in [4.69, 9.17) is 9.15 Å². The van der Waals surface area contributed by atoms with Gasteiger partial charge in [-0.3, -0.25) is 0 Å². The Bertz CT molecular complexity index is 836. The molecule has 24 heavy (non-hydrogen) atoms. The molecule has 0 aliphatic carbocycles. The Labute approximate surface area is 142 Å². The number of furan rings is 1. The van der Waals surface area contributed by atoms with E-state index in [-0.39, 0.29) is 6.10 Å². The highest BCUT2D eigenvalue weighted by Gasteiger charge is 2.19. The lowest BCUT2D eigenvalue weighted by Crippen LogP contribution is -2.07. The SMILES string of the molecule is C=CCOC(c1ccco1)c1ccccc1C#Cc1ccccc1. The van der Waals surface area contributed by atoms with Crippen molar-refractivity contribution < 1.29 is 9.15 Å². The van der Waals surface area contributed by atoms with Crippen LogP contribution in [0.25, 0.3) is 0 Å². The summed E-state index contributed by atoms with van der Waals surface area (Å²) in [4.78, 5) is 0. The Kier molecular flexibility index (Phi) is 5.29. The maximum Gasteiger partial charge on any atom is 0.142 e. The third-order valence-corrected chi connectivity index (χ3v) is 3.54. The molecule has 0 N–H and O–H groups in total. The summed E-state index contributed by atoms with van der Waals surface area (Å²) in [6.07, 6.45) is 3.07. The van der Waals surface area contributed by atoms with E-state index in [2.05, 4.69) is 18.4 Å². The summed E-state index contributed by atoms with van der Waals surface area (Å²) >= 11 is 0. The number of ether oxygens (including phenoxy) is 1. The molecule has 0 saturated heterocycles. The average Bonchev–Trinajstić information content (AvgIpc) is 3.16. The summed E-state index contributed by atoms with van der Waals surface area (Å²) in [6.45, 7) is 4.16. The van der Waals surface area contributed by atoms with Crippen molar-refractivity contribution in [2.24, 2.45) is 0 Å². The van der Waals surface area contributed by atoms with Crippen molar-refractivity contribution in [3.63, 3.8) is 0 Å². The fraction of sp³-hybridized carbons (Fsp3) is 0.0909. The zero-order chi connectivity index (χ0) is 16.6. The predicted molar refractivity (Wildman–Crippen MR) is 95.6 cm³/mol. The first-order valence-corrected chi connectivity index (χ1v) is 7.80. The highest BCUT2D eigenvalue weighted by molar-refractivity contribution is 5.48. The van der Waals surface area contributed by atoms with Gasteiger partial charge in [-0.25, -0.2) is 0 Å². The van der Waals surface area contributed by atoms with Gasteiger partial charge in [0.2, 0.25) is 0 Å². The molecule has 118 valence electrons. The summed E-state index contributed by atoms with van der Waals surface area (Å²) in [5, 5.41) is 0. The lowest BCUT2D eigenvalue weighted by Gasteiger charge is -2.16. The van der Waals surface area contributed by atoms with Gasteiger partial charge >= 0.3 is 0 Å². The Morgan fingerprint density at radius 1 is 0.958 bits per heavy atom. The second-order valence-corrected chi connectivity index (χ2v) is 5.22. The minimum Gasteiger partial charge on any atom is -0.466 e. The van der Waals surface area contributed by atoms with Crippen molar-refractivity contribution in [2.45, 2.75) is 6.10 Å². The van der Waals surface area contributed by atoms with Crippen LogP contribution in [0.5, 0.6) is 0 Å². The van der Waals surface area contributed by atoms with E-state index in [1.165, 1.54) is 0 Å². The summed E-state index contributed by atoms with van der Waals surface area (Å²) < 4.78 is 11.5. The maximum absolute atomic E-state index is 5.93. The fourth-order valence-electron chi connectivity index (χ4n) is 2.43. The van der Waals surface area contributed by atoms with Crippen LogP contribution in [0.3, 0.4) is 0 Å². The predicted octanol–water partition coefficient (Wildman–Crippen LogP) is 4.97. The third kappa shape index (κ3) is 3.84. The molecule has 1 atom stereocenters. The van der Waals surface area contributed by atoms with Crippen molar-refractivity contribution in [2.75, 3.05) is 6.61 Å². The molecule has 2 aromatic carbocycles. The Hall–Kier alpha value is -3.02. The molecule has 3 rings (SSSR count). The van der Waals surface area contributed by atoms with Crippen molar-refractivity contribution >= 4 is 0 Å². The molecule has 0 aliphatic heterocycles. The van der Waals surface area contributed by atoms with E-state index in [0.717, 1.165) is 22.5 Å². The molecule has 0 spiro atoms. The highest BCUT2D eigenvalue weighted by Crippen LogP contribution is 2.28. The second-order valence-electron chi connectivity index (χ2n) is 5.22. The molecule has 0 bridgehead atoms. The first kappa shape index (κ1) is 15.9. The zero-order valence-corrected chi connectivity index (χ0v) is 13.3. The van der Waals surface area contributed by atoms with Crippen LogP contribution in [-0.2, 0) is 4.74 Å². The minimum atomic E-state index is -0.306. The van der Waals surface area contributed by atoms with Gasteiger partial charge in [0.05, 0.1) is 12.9 Å².